The van der Waals surface area contributed by atoms with Gasteiger partial charge in [0.2, 0.25) is 0 Å². The van der Waals surface area contributed by atoms with Crippen molar-refractivity contribution in [1.29, 1.82) is 0 Å². The molecule has 1 aromatic carbocycles. The Morgan fingerprint density at radius 3 is 2.91 bits per heavy atom. The van der Waals surface area contributed by atoms with Gasteiger partial charge in [-0.2, -0.15) is 0 Å². The van der Waals surface area contributed by atoms with E-state index in [9.17, 15) is 4.79 Å². The van der Waals surface area contributed by atoms with Crippen LogP contribution in [0.5, 0.6) is 0 Å². The lowest BCUT2D eigenvalue weighted by Gasteiger charge is -2.09. The van der Waals surface area contributed by atoms with E-state index in [2.05, 4.69) is 20.6 Å². The predicted octanol–water partition coefficient (Wildman–Crippen LogP) is 3.29. The second kappa shape index (κ2) is 8.67. The van der Waals surface area contributed by atoms with Crippen LogP contribution in [0.25, 0.3) is 0 Å². The van der Waals surface area contributed by atoms with Crippen LogP contribution >= 0.6 is 23.2 Å². The molecule has 1 amide bonds. The van der Waals surface area contributed by atoms with E-state index >= 15 is 0 Å². The van der Waals surface area contributed by atoms with E-state index in [0.717, 1.165) is 6.42 Å². The molecule has 122 valence electrons. The van der Waals surface area contributed by atoms with E-state index in [0.29, 0.717) is 34.7 Å². The van der Waals surface area contributed by atoms with Crippen molar-refractivity contribution in [2.45, 2.75) is 6.42 Å². The van der Waals surface area contributed by atoms with Gasteiger partial charge in [-0.15, -0.1) is 0 Å². The summed E-state index contributed by atoms with van der Waals surface area (Å²) in [6.07, 6.45) is 2.04. The van der Waals surface area contributed by atoms with Gasteiger partial charge in [-0.25, -0.2) is 9.97 Å². The molecule has 0 aliphatic heterocycles. The highest BCUT2D eigenvalue weighted by atomic mass is 35.5. The third kappa shape index (κ3) is 5.06. The molecule has 1 heterocycles. The zero-order valence-corrected chi connectivity index (χ0v) is 14.0. The summed E-state index contributed by atoms with van der Waals surface area (Å²) >= 11 is 12.1. The molecule has 8 heteroatoms. The maximum atomic E-state index is 12.0. The summed E-state index contributed by atoms with van der Waals surface area (Å²) in [7, 11) is 1.62. The average molecular weight is 355 g/mol. The van der Waals surface area contributed by atoms with Gasteiger partial charge in [0, 0.05) is 26.3 Å². The van der Waals surface area contributed by atoms with Crippen molar-refractivity contribution in [1.82, 2.24) is 15.3 Å². The van der Waals surface area contributed by atoms with Crippen LogP contribution in [0.4, 0.5) is 11.5 Å². The number of carbonyl (C=O) groups excluding carboxylic acids is 1. The van der Waals surface area contributed by atoms with E-state index in [1.807, 2.05) is 0 Å². The number of nitrogens with zero attached hydrogens (tertiary/aromatic N) is 2. The van der Waals surface area contributed by atoms with Crippen LogP contribution in [0.15, 0.2) is 30.6 Å². The predicted molar refractivity (Wildman–Crippen MR) is 90.6 cm³/mol. The fraction of sp³-hybridized carbons (Fsp3) is 0.267. The Morgan fingerprint density at radius 2 is 2.13 bits per heavy atom. The van der Waals surface area contributed by atoms with Gasteiger partial charge in [0.15, 0.2) is 0 Å². The highest BCUT2D eigenvalue weighted by Gasteiger charge is 2.10. The SMILES string of the molecule is COCCCNC(=O)c1cc(Nc2cccc(Cl)c2Cl)ncn1. The number of benzene rings is 1. The van der Waals surface area contributed by atoms with E-state index in [1.165, 1.54) is 6.33 Å². The first-order valence-electron chi connectivity index (χ1n) is 6.92. The average Bonchev–Trinajstić information content (AvgIpc) is 2.56. The monoisotopic (exact) mass is 354 g/mol. The van der Waals surface area contributed by atoms with E-state index < -0.39 is 0 Å². The molecule has 0 saturated heterocycles. The molecular weight excluding hydrogens is 339 g/mol. The van der Waals surface area contributed by atoms with Crippen molar-refractivity contribution < 1.29 is 9.53 Å². The summed E-state index contributed by atoms with van der Waals surface area (Å²) < 4.78 is 4.93. The summed E-state index contributed by atoms with van der Waals surface area (Å²) in [5, 5.41) is 6.60. The van der Waals surface area contributed by atoms with E-state index in [1.54, 1.807) is 31.4 Å². The zero-order valence-electron chi connectivity index (χ0n) is 12.5. The standard InChI is InChI=1S/C15H16Cl2N4O2/c1-23-7-3-6-18-15(22)12-8-13(20-9-19-12)21-11-5-2-4-10(16)14(11)17/h2,4-5,8-9H,3,6-7H2,1H3,(H,18,22)(H,19,20,21). The lowest BCUT2D eigenvalue weighted by molar-refractivity contribution is 0.0943. The largest absolute Gasteiger partial charge is 0.385 e. The molecule has 0 unspecified atom stereocenters. The van der Waals surface area contributed by atoms with Gasteiger partial charge in [0.05, 0.1) is 15.7 Å². The third-order valence-corrected chi connectivity index (χ3v) is 3.74. The molecule has 0 aliphatic carbocycles. The Hall–Kier alpha value is -1.89. The Kier molecular flexibility index (Phi) is 6.58. The molecule has 0 bridgehead atoms. The number of carbonyl (C=O) groups is 1. The number of amides is 1. The van der Waals surface area contributed by atoms with Gasteiger partial charge < -0.3 is 15.4 Å². The topological polar surface area (TPSA) is 76.1 Å². The van der Waals surface area contributed by atoms with Crippen LogP contribution in [-0.4, -0.2) is 36.1 Å². The molecule has 2 N–H and O–H groups in total. The molecule has 0 spiro atoms. The molecule has 0 fully saturated rings. The van der Waals surface area contributed by atoms with Crippen molar-refractivity contribution >= 4 is 40.6 Å². The Labute approximate surface area is 144 Å². The first-order chi connectivity index (χ1) is 11.1. The summed E-state index contributed by atoms with van der Waals surface area (Å²) in [5.74, 6) is 0.176. The van der Waals surface area contributed by atoms with Gasteiger partial charge in [-0.3, -0.25) is 4.79 Å². The molecule has 0 radical (unpaired) electrons. The van der Waals surface area contributed by atoms with Gasteiger partial charge in [-0.05, 0) is 18.6 Å². The van der Waals surface area contributed by atoms with Crippen LogP contribution < -0.4 is 10.6 Å². The smallest absolute Gasteiger partial charge is 0.270 e. The number of nitrogens with one attached hydrogen (secondary N) is 2. The zero-order chi connectivity index (χ0) is 16.7. The molecule has 0 aliphatic rings. The van der Waals surface area contributed by atoms with Crippen LogP contribution in [0.1, 0.15) is 16.9 Å². The summed E-state index contributed by atoms with van der Waals surface area (Å²) in [4.78, 5) is 20.1. The highest BCUT2D eigenvalue weighted by Crippen LogP contribution is 2.31. The Balaban J connectivity index is 2.04. The van der Waals surface area contributed by atoms with Crippen LogP contribution in [0, 0.1) is 0 Å². The maximum absolute atomic E-state index is 12.0. The maximum Gasteiger partial charge on any atom is 0.270 e. The second-order valence-electron chi connectivity index (χ2n) is 4.62. The molecule has 1 aromatic heterocycles. The highest BCUT2D eigenvalue weighted by molar-refractivity contribution is 6.43. The van der Waals surface area contributed by atoms with Gasteiger partial charge in [0.25, 0.3) is 5.91 Å². The van der Waals surface area contributed by atoms with E-state index in [4.69, 9.17) is 27.9 Å². The fourth-order valence-electron chi connectivity index (χ4n) is 1.80. The first kappa shape index (κ1) is 17.5. The van der Waals surface area contributed by atoms with Gasteiger partial charge in [-0.1, -0.05) is 29.3 Å². The van der Waals surface area contributed by atoms with E-state index in [-0.39, 0.29) is 11.6 Å². The van der Waals surface area contributed by atoms with Crippen molar-refractivity contribution in [3.8, 4) is 0 Å². The lowest BCUT2D eigenvalue weighted by Crippen LogP contribution is -2.26. The van der Waals surface area contributed by atoms with Crippen LogP contribution in [-0.2, 0) is 4.74 Å². The summed E-state index contributed by atoms with van der Waals surface area (Å²) in [5.41, 5.74) is 0.863. The minimum Gasteiger partial charge on any atom is -0.385 e. The minimum atomic E-state index is -0.274. The van der Waals surface area contributed by atoms with Crippen molar-refractivity contribution in [3.63, 3.8) is 0 Å². The second-order valence-corrected chi connectivity index (χ2v) is 5.40. The summed E-state index contributed by atoms with van der Waals surface area (Å²) in [6, 6.07) is 6.76. The first-order valence-corrected chi connectivity index (χ1v) is 7.67. The third-order valence-electron chi connectivity index (χ3n) is 2.92. The van der Waals surface area contributed by atoms with Crippen molar-refractivity contribution in [3.05, 3.63) is 46.3 Å². The molecule has 2 rings (SSSR count). The fourth-order valence-corrected chi connectivity index (χ4v) is 2.14. The molecule has 0 saturated carbocycles. The normalized spacial score (nSPS) is 10.4. The van der Waals surface area contributed by atoms with Crippen molar-refractivity contribution in [2.24, 2.45) is 0 Å². The Morgan fingerprint density at radius 1 is 1.30 bits per heavy atom. The van der Waals surface area contributed by atoms with Gasteiger partial charge >= 0.3 is 0 Å². The molecular formula is C15H16Cl2N4O2. The number of rotatable bonds is 7. The molecule has 2 aromatic rings. The summed E-state index contributed by atoms with van der Waals surface area (Å²) in [6.45, 7) is 1.10. The number of anilines is 2. The van der Waals surface area contributed by atoms with Crippen LogP contribution in [0.2, 0.25) is 10.0 Å². The number of aromatic nitrogens is 2. The lowest BCUT2D eigenvalue weighted by atomic mass is 10.3. The van der Waals surface area contributed by atoms with Crippen LogP contribution in [0.3, 0.4) is 0 Å². The van der Waals surface area contributed by atoms with Gasteiger partial charge in [0.1, 0.15) is 17.8 Å². The number of hydrogen-bond acceptors (Lipinski definition) is 5. The number of halogens is 2. The minimum absolute atomic E-state index is 0.262. The quantitative estimate of drug-likeness (QED) is 0.746. The van der Waals surface area contributed by atoms with Crippen molar-refractivity contribution in [2.75, 3.05) is 25.6 Å². The molecule has 23 heavy (non-hydrogen) atoms. The number of methoxy groups -OCH3 is 1. The number of ether oxygens (including phenoxy) is 1. The Bertz CT molecular complexity index is 682. The molecule has 0 atom stereocenters. The number of hydrogen-bond donors (Lipinski definition) is 2. The molecule has 6 nitrogen and oxygen atoms in total.